The first kappa shape index (κ1) is 19.1. The van der Waals surface area contributed by atoms with Gasteiger partial charge in [-0.1, -0.05) is 24.3 Å². The zero-order valence-electron chi connectivity index (χ0n) is 15.2. The van der Waals surface area contributed by atoms with Gasteiger partial charge in [-0.15, -0.1) is 0 Å². The molecule has 1 spiro atoms. The van der Waals surface area contributed by atoms with E-state index in [4.69, 9.17) is 12.2 Å². The van der Waals surface area contributed by atoms with Crippen molar-refractivity contribution in [3.63, 3.8) is 0 Å². The zero-order chi connectivity index (χ0) is 20.8. The van der Waals surface area contributed by atoms with Gasteiger partial charge in [-0.3, -0.25) is 14.4 Å². The molecule has 2 aliphatic rings. The SMILES string of the molecule is O=C1CC(c2cccc(O)c2)C2(C(=O)NC(=S)NC2=O)C(c2cccc(O)c2)C1. The third kappa shape index (κ3) is 3.05. The van der Waals surface area contributed by atoms with Gasteiger partial charge in [0.25, 0.3) is 0 Å². The van der Waals surface area contributed by atoms with Crippen LogP contribution in [0.15, 0.2) is 48.5 Å². The quantitative estimate of drug-likeness (QED) is 0.444. The summed E-state index contributed by atoms with van der Waals surface area (Å²) in [6, 6.07) is 12.4. The standard InChI is InChI=1S/C21H18N2O5S/c24-13-5-1-3-11(7-13)16-9-15(26)10-17(12-4-2-6-14(25)8-12)21(16)18(27)22-20(29)23-19(21)28/h1-8,16-17,24-25H,9-10H2,(H2,22,23,27,28,29). The molecule has 2 fully saturated rings. The fourth-order valence-electron chi connectivity index (χ4n) is 4.53. The maximum absolute atomic E-state index is 13.3. The lowest BCUT2D eigenvalue weighted by Crippen LogP contribution is -2.67. The average molecular weight is 410 g/mol. The summed E-state index contributed by atoms with van der Waals surface area (Å²) in [5.41, 5.74) is -0.666. The maximum Gasteiger partial charge on any atom is 0.243 e. The average Bonchev–Trinajstić information content (AvgIpc) is 2.66. The highest BCUT2D eigenvalue weighted by molar-refractivity contribution is 7.80. The van der Waals surface area contributed by atoms with Gasteiger partial charge in [-0.25, -0.2) is 0 Å². The number of aromatic hydroxyl groups is 2. The summed E-state index contributed by atoms with van der Waals surface area (Å²) in [5.74, 6) is -3.00. The van der Waals surface area contributed by atoms with Crippen molar-refractivity contribution < 1.29 is 24.6 Å². The number of hydrogen-bond donors (Lipinski definition) is 4. The first-order chi connectivity index (χ1) is 13.8. The molecule has 4 N–H and O–H groups in total. The number of phenolic OH excluding ortho intramolecular Hbond substituents is 2. The fourth-order valence-corrected chi connectivity index (χ4v) is 4.71. The Morgan fingerprint density at radius 3 is 1.69 bits per heavy atom. The van der Waals surface area contributed by atoms with E-state index in [0.717, 1.165) is 0 Å². The van der Waals surface area contributed by atoms with Gasteiger partial charge in [0.2, 0.25) is 11.8 Å². The molecule has 1 heterocycles. The number of hydrogen-bond acceptors (Lipinski definition) is 6. The first-order valence-electron chi connectivity index (χ1n) is 9.08. The van der Waals surface area contributed by atoms with Crippen LogP contribution in [0, 0.1) is 5.41 Å². The summed E-state index contributed by atoms with van der Waals surface area (Å²) in [4.78, 5) is 39.4. The largest absolute Gasteiger partial charge is 0.508 e. The van der Waals surface area contributed by atoms with Crippen LogP contribution in [0.25, 0.3) is 0 Å². The smallest absolute Gasteiger partial charge is 0.243 e. The highest BCUT2D eigenvalue weighted by Gasteiger charge is 2.63. The predicted molar refractivity (Wildman–Crippen MR) is 107 cm³/mol. The molecule has 1 saturated heterocycles. The molecular formula is C21H18N2O5S. The molecule has 2 unspecified atom stereocenters. The number of benzene rings is 2. The van der Waals surface area contributed by atoms with Crippen LogP contribution >= 0.6 is 12.2 Å². The Morgan fingerprint density at radius 1 is 0.828 bits per heavy atom. The number of thiocarbonyl (C=S) groups is 1. The lowest BCUT2D eigenvalue weighted by atomic mass is 9.54. The van der Waals surface area contributed by atoms with Crippen LogP contribution in [0.4, 0.5) is 0 Å². The predicted octanol–water partition coefficient (Wildman–Crippen LogP) is 1.85. The number of ketones is 1. The van der Waals surface area contributed by atoms with Crippen molar-refractivity contribution in [2.45, 2.75) is 24.7 Å². The van der Waals surface area contributed by atoms with Crippen molar-refractivity contribution in [3.05, 3.63) is 59.7 Å². The molecule has 148 valence electrons. The second-order valence-corrected chi connectivity index (χ2v) is 7.76. The Hall–Kier alpha value is -3.26. The van der Waals surface area contributed by atoms with Crippen LogP contribution in [0.3, 0.4) is 0 Å². The Labute approximate surface area is 171 Å². The lowest BCUT2D eigenvalue weighted by molar-refractivity contribution is -0.150. The van der Waals surface area contributed by atoms with Crippen molar-refractivity contribution in [2.75, 3.05) is 0 Å². The van der Waals surface area contributed by atoms with Gasteiger partial charge in [0.05, 0.1) is 0 Å². The summed E-state index contributed by atoms with van der Waals surface area (Å²) in [6.07, 6.45) is -0.0707. The normalized spacial score (nSPS) is 23.6. The number of phenols is 2. The third-order valence-corrected chi connectivity index (χ3v) is 5.92. The topological polar surface area (TPSA) is 116 Å². The van der Waals surface area contributed by atoms with Gasteiger partial charge in [0, 0.05) is 24.7 Å². The van der Waals surface area contributed by atoms with Crippen molar-refractivity contribution in [1.29, 1.82) is 0 Å². The molecule has 0 aromatic heterocycles. The van der Waals surface area contributed by atoms with Crippen molar-refractivity contribution in [1.82, 2.24) is 10.6 Å². The summed E-state index contributed by atoms with van der Waals surface area (Å²) in [5, 5.41) is 24.9. The second-order valence-electron chi connectivity index (χ2n) is 7.35. The van der Waals surface area contributed by atoms with Crippen LogP contribution in [0.5, 0.6) is 11.5 Å². The van der Waals surface area contributed by atoms with E-state index in [1.165, 1.54) is 24.3 Å². The van der Waals surface area contributed by atoms with Crippen LogP contribution in [0.2, 0.25) is 0 Å². The van der Waals surface area contributed by atoms with Gasteiger partial charge < -0.3 is 20.8 Å². The maximum atomic E-state index is 13.3. The van der Waals surface area contributed by atoms with Gasteiger partial charge in [0.1, 0.15) is 22.7 Å². The van der Waals surface area contributed by atoms with E-state index in [-0.39, 0.29) is 35.2 Å². The Morgan fingerprint density at radius 2 is 1.28 bits per heavy atom. The second kappa shape index (κ2) is 6.97. The van der Waals surface area contributed by atoms with Crippen LogP contribution in [0.1, 0.15) is 35.8 Å². The van der Waals surface area contributed by atoms with E-state index in [1.54, 1.807) is 24.3 Å². The zero-order valence-corrected chi connectivity index (χ0v) is 16.0. The molecule has 8 heteroatoms. The summed E-state index contributed by atoms with van der Waals surface area (Å²) < 4.78 is 0. The first-order valence-corrected chi connectivity index (χ1v) is 9.49. The number of Topliss-reactive ketones (excluding diaryl/α,β-unsaturated/α-hetero) is 1. The number of carbonyl (C=O) groups is 3. The third-order valence-electron chi connectivity index (χ3n) is 5.71. The molecule has 29 heavy (non-hydrogen) atoms. The van der Waals surface area contributed by atoms with E-state index >= 15 is 0 Å². The monoisotopic (exact) mass is 410 g/mol. The van der Waals surface area contributed by atoms with Crippen molar-refractivity contribution >= 4 is 34.9 Å². The molecule has 2 aromatic rings. The molecule has 2 aromatic carbocycles. The van der Waals surface area contributed by atoms with E-state index in [2.05, 4.69) is 10.6 Å². The molecule has 1 saturated carbocycles. The lowest BCUT2D eigenvalue weighted by Gasteiger charge is -2.48. The molecule has 4 rings (SSSR count). The molecule has 2 atom stereocenters. The highest BCUT2D eigenvalue weighted by atomic mass is 32.1. The van der Waals surface area contributed by atoms with Crippen LogP contribution in [-0.2, 0) is 14.4 Å². The Kier molecular flexibility index (Phi) is 4.58. The summed E-state index contributed by atoms with van der Waals surface area (Å²) in [7, 11) is 0. The molecule has 2 amide bonds. The van der Waals surface area contributed by atoms with E-state index < -0.39 is 29.1 Å². The molecule has 1 aliphatic carbocycles. The summed E-state index contributed by atoms with van der Waals surface area (Å²) >= 11 is 4.98. The minimum Gasteiger partial charge on any atom is -0.508 e. The molecule has 0 radical (unpaired) electrons. The van der Waals surface area contributed by atoms with E-state index in [1.807, 2.05) is 0 Å². The minimum absolute atomic E-state index is 0.0308. The van der Waals surface area contributed by atoms with Crippen molar-refractivity contribution in [3.8, 4) is 11.5 Å². The van der Waals surface area contributed by atoms with Gasteiger partial charge in [-0.05, 0) is 47.6 Å². The van der Waals surface area contributed by atoms with E-state index in [0.29, 0.717) is 11.1 Å². The Bertz CT molecular complexity index is 971. The van der Waals surface area contributed by atoms with Crippen LogP contribution in [-0.4, -0.2) is 32.9 Å². The van der Waals surface area contributed by atoms with E-state index in [9.17, 15) is 24.6 Å². The van der Waals surface area contributed by atoms with Gasteiger partial charge >= 0.3 is 0 Å². The molecule has 0 bridgehead atoms. The molecule has 7 nitrogen and oxygen atoms in total. The number of rotatable bonds is 2. The van der Waals surface area contributed by atoms with Gasteiger partial charge in [0.15, 0.2) is 5.11 Å². The molecule has 1 aliphatic heterocycles. The highest BCUT2D eigenvalue weighted by Crippen LogP contribution is 2.55. The Balaban J connectivity index is 1.96. The number of nitrogens with one attached hydrogen (secondary N) is 2. The number of carbonyl (C=O) groups excluding carboxylic acids is 3. The minimum atomic E-state index is -1.67. The summed E-state index contributed by atoms with van der Waals surface area (Å²) in [6.45, 7) is 0. The van der Waals surface area contributed by atoms with Gasteiger partial charge in [-0.2, -0.15) is 0 Å². The van der Waals surface area contributed by atoms with Crippen LogP contribution < -0.4 is 10.6 Å². The van der Waals surface area contributed by atoms with Crippen molar-refractivity contribution in [2.24, 2.45) is 5.41 Å². The molecular weight excluding hydrogens is 392 g/mol. The number of amides is 2. The fraction of sp³-hybridized carbons (Fsp3) is 0.238.